The lowest BCUT2D eigenvalue weighted by Crippen LogP contribution is -2.48. The van der Waals surface area contributed by atoms with Gasteiger partial charge in [-0.15, -0.1) is 0 Å². The van der Waals surface area contributed by atoms with E-state index in [1.807, 2.05) is 36.0 Å². The Labute approximate surface area is 148 Å². The Hall–Kier alpha value is -0.910. The van der Waals surface area contributed by atoms with Crippen molar-refractivity contribution < 1.29 is 4.74 Å². The first kappa shape index (κ1) is 18.4. The van der Waals surface area contributed by atoms with E-state index in [2.05, 4.69) is 28.8 Å². The van der Waals surface area contributed by atoms with Gasteiger partial charge >= 0.3 is 0 Å². The third-order valence-corrected chi connectivity index (χ3v) is 6.13. The lowest BCUT2D eigenvalue weighted by molar-refractivity contribution is 0.0782. The zero-order valence-corrected chi connectivity index (χ0v) is 15.6. The lowest BCUT2D eigenvalue weighted by Gasteiger charge is -2.36. The van der Waals surface area contributed by atoms with Gasteiger partial charge in [-0.1, -0.05) is 29.8 Å². The van der Waals surface area contributed by atoms with Crippen LogP contribution >= 0.6 is 23.4 Å². The molecule has 1 unspecified atom stereocenters. The van der Waals surface area contributed by atoms with Gasteiger partial charge in [-0.2, -0.15) is 11.8 Å². The quantitative estimate of drug-likeness (QED) is 0.627. The number of nitrogens with zero attached hydrogens (tertiary/aromatic N) is 1. The molecule has 0 amide bonds. The average Bonchev–Trinajstić information content (AvgIpc) is 2.59. The lowest BCUT2D eigenvalue weighted by atomic mass is 9.99. The van der Waals surface area contributed by atoms with Crippen molar-refractivity contribution >= 4 is 29.3 Å². The Morgan fingerprint density at radius 3 is 2.70 bits per heavy atom. The number of ether oxygens (including phenoxy) is 1. The molecule has 23 heavy (non-hydrogen) atoms. The number of thioether (sulfide) groups is 1. The van der Waals surface area contributed by atoms with Crippen LogP contribution in [0.4, 0.5) is 0 Å². The summed E-state index contributed by atoms with van der Waals surface area (Å²) in [6.07, 6.45) is 4.31. The Morgan fingerprint density at radius 2 is 2.09 bits per heavy atom. The van der Waals surface area contributed by atoms with Gasteiger partial charge in [0.25, 0.3) is 0 Å². The van der Waals surface area contributed by atoms with E-state index in [9.17, 15) is 0 Å². The van der Waals surface area contributed by atoms with Gasteiger partial charge in [0.15, 0.2) is 5.96 Å². The molecule has 1 aliphatic heterocycles. The number of benzene rings is 1. The van der Waals surface area contributed by atoms with Crippen molar-refractivity contribution in [3.8, 4) is 0 Å². The van der Waals surface area contributed by atoms with Crippen LogP contribution in [0.3, 0.4) is 0 Å². The third kappa shape index (κ3) is 5.03. The summed E-state index contributed by atoms with van der Waals surface area (Å²) in [5.41, 5.74) is 1.07. The first-order chi connectivity index (χ1) is 11.1. The molecule has 6 heteroatoms. The van der Waals surface area contributed by atoms with E-state index in [1.54, 1.807) is 7.05 Å². The van der Waals surface area contributed by atoms with Gasteiger partial charge in [0.2, 0.25) is 0 Å². The van der Waals surface area contributed by atoms with Crippen LogP contribution in [0.2, 0.25) is 5.02 Å². The predicted octanol–water partition coefficient (Wildman–Crippen LogP) is 3.48. The molecule has 0 saturated carbocycles. The predicted molar refractivity (Wildman–Crippen MR) is 101 cm³/mol. The van der Waals surface area contributed by atoms with Gasteiger partial charge in [-0.3, -0.25) is 4.99 Å². The summed E-state index contributed by atoms with van der Waals surface area (Å²) in [6, 6.07) is 7.99. The number of guanidine groups is 1. The molecule has 1 aromatic rings. The van der Waals surface area contributed by atoms with Crippen LogP contribution in [0.5, 0.6) is 0 Å². The number of halogens is 1. The van der Waals surface area contributed by atoms with Crippen LogP contribution in [0.15, 0.2) is 29.3 Å². The summed E-state index contributed by atoms with van der Waals surface area (Å²) >= 11 is 8.19. The molecule has 0 aromatic heterocycles. The smallest absolute Gasteiger partial charge is 0.191 e. The molecule has 2 N–H and O–H groups in total. The van der Waals surface area contributed by atoms with E-state index in [0.717, 1.165) is 49.1 Å². The second-order valence-electron chi connectivity index (χ2n) is 5.81. The standard InChI is InChI=1S/C17H26ClN3OS/c1-13(14-6-4-5-7-15(14)18)21-16(19-2)20-12-17(23-3)8-10-22-11-9-17/h4-7,13H,8-12H2,1-3H3,(H2,19,20,21). The fraction of sp³-hybridized carbons (Fsp3) is 0.588. The van der Waals surface area contributed by atoms with E-state index in [4.69, 9.17) is 16.3 Å². The van der Waals surface area contributed by atoms with E-state index < -0.39 is 0 Å². The molecule has 0 spiro atoms. The Balaban J connectivity index is 1.94. The fourth-order valence-corrected chi connectivity index (χ4v) is 3.84. The zero-order chi connectivity index (χ0) is 16.7. The number of nitrogens with one attached hydrogen (secondary N) is 2. The van der Waals surface area contributed by atoms with Crippen LogP contribution in [-0.4, -0.2) is 43.8 Å². The minimum Gasteiger partial charge on any atom is -0.381 e. The molecule has 0 radical (unpaired) electrons. The summed E-state index contributed by atoms with van der Waals surface area (Å²) in [4.78, 5) is 4.34. The Bertz CT molecular complexity index is 532. The topological polar surface area (TPSA) is 45.7 Å². The number of rotatable bonds is 5. The van der Waals surface area contributed by atoms with Gasteiger partial charge in [0.05, 0.1) is 6.04 Å². The summed E-state index contributed by atoms with van der Waals surface area (Å²) in [5, 5.41) is 7.66. The highest BCUT2D eigenvalue weighted by molar-refractivity contribution is 8.00. The Kier molecular flexibility index (Phi) is 7.06. The molecule has 1 aliphatic rings. The van der Waals surface area contributed by atoms with Crippen molar-refractivity contribution in [2.45, 2.75) is 30.6 Å². The van der Waals surface area contributed by atoms with E-state index in [1.165, 1.54) is 0 Å². The molecular formula is C17H26ClN3OS. The first-order valence-electron chi connectivity index (χ1n) is 7.95. The highest BCUT2D eigenvalue weighted by Crippen LogP contribution is 2.33. The highest BCUT2D eigenvalue weighted by Gasteiger charge is 2.31. The van der Waals surface area contributed by atoms with Crippen LogP contribution in [0.1, 0.15) is 31.4 Å². The zero-order valence-electron chi connectivity index (χ0n) is 14.1. The number of hydrogen-bond acceptors (Lipinski definition) is 3. The average molecular weight is 356 g/mol. The van der Waals surface area contributed by atoms with Crippen LogP contribution in [0, 0.1) is 0 Å². The normalized spacial score (nSPS) is 19.2. The molecule has 0 aliphatic carbocycles. The van der Waals surface area contributed by atoms with Crippen LogP contribution in [0.25, 0.3) is 0 Å². The van der Waals surface area contributed by atoms with Crippen molar-refractivity contribution in [3.63, 3.8) is 0 Å². The first-order valence-corrected chi connectivity index (χ1v) is 9.55. The fourth-order valence-electron chi connectivity index (χ4n) is 2.75. The Morgan fingerprint density at radius 1 is 1.39 bits per heavy atom. The summed E-state index contributed by atoms with van der Waals surface area (Å²) in [5.74, 6) is 0.803. The minimum absolute atomic E-state index is 0.0924. The molecule has 4 nitrogen and oxygen atoms in total. The largest absolute Gasteiger partial charge is 0.381 e. The molecule has 1 heterocycles. The summed E-state index contributed by atoms with van der Waals surface area (Å²) < 4.78 is 5.72. The maximum atomic E-state index is 6.27. The molecule has 1 saturated heterocycles. The van der Waals surface area contributed by atoms with Gasteiger partial charge in [-0.25, -0.2) is 0 Å². The summed E-state index contributed by atoms with van der Waals surface area (Å²) in [7, 11) is 1.80. The maximum absolute atomic E-state index is 6.27. The monoisotopic (exact) mass is 355 g/mol. The minimum atomic E-state index is 0.0924. The van der Waals surface area contributed by atoms with Crippen molar-refractivity contribution in [2.75, 3.05) is 33.1 Å². The highest BCUT2D eigenvalue weighted by atomic mass is 35.5. The molecule has 1 fully saturated rings. The SMILES string of the molecule is CN=C(NCC1(SC)CCOCC1)NC(C)c1ccccc1Cl. The van der Waals surface area contributed by atoms with Crippen molar-refractivity contribution in [3.05, 3.63) is 34.9 Å². The molecule has 1 atom stereocenters. The van der Waals surface area contributed by atoms with E-state index in [-0.39, 0.29) is 10.8 Å². The van der Waals surface area contributed by atoms with Gasteiger partial charge in [0.1, 0.15) is 0 Å². The van der Waals surface area contributed by atoms with Gasteiger partial charge in [-0.05, 0) is 37.7 Å². The van der Waals surface area contributed by atoms with Crippen LogP contribution < -0.4 is 10.6 Å². The molecular weight excluding hydrogens is 330 g/mol. The van der Waals surface area contributed by atoms with Gasteiger partial charge in [0, 0.05) is 36.6 Å². The second-order valence-corrected chi connectivity index (χ2v) is 7.49. The van der Waals surface area contributed by atoms with Gasteiger partial charge < -0.3 is 15.4 Å². The van der Waals surface area contributed by atoms with Crippen molar-refractivity contribution in [1.82, 2.24) is 10.6 Å². The molecule has 2 rings (SSSR count). The molecule has 128 valence electrons. The van der Waals surface area contributed by atoms with Crippen molar-refractivity contribution in [2.24, 2.45) is 4.99 Å². The van der Waals surface area contributed by atoms with Crippen LogP contribution in [-0.2, 0) is 4.74 Å². The summed E-state index contributed by atoms with van der Waals surface area (Å²) in [6.45, 7) is 4.65. The molecule has 0 bridgehead atoms. The maximum Gasteiger partial charge on any atom is 0.191 e. The third-order valence-electron chi connectivity index (χ3n) is 4.36. The van der Waals surface area contributed by atoms with Crippen molar-refractivity contribution in [1.29, 1.82) is 0 Å². The number of hydrogen-bond donors (Lipinski definition) is 2. The number of aliphatic imine (C=N–C) groups is 1. The van der Waals surface area contributed by atoms with E-state index >= 15 is 0 Å². The molecule has 1 aromatic carbocycles. The van der Waals surface area contributed by atoms with E-state index in [0.29, 0.717) is 0 Å². The second kappa shape index (κ2) is 8.81.